The second-order valence-corrected chi connectivity index (χ2v) is 8.23. The largest absolute Gasteiger partial charge is 0.391 e. The monoisotopic (exact) mass is 303 g/mol. The van der Waals surface area contributed by atoms with Gasteiger partial charge in [-0.05, 0) is 43.6 Å². The fourth-order valence-corrected chi connectivity index (χ4v) is 6.04. The molecule has 0 bridgehead atoms. The Hall–Kier alpha value is -0.430. The molecule has 2 rings (SSSR count). The standard InChI is InChI=1S/C13H21NO3S2/c1-9-4-5-11(3)14(6-9)19(16,17)13-10(2)8-18-12(13)7-15/h8-9,11,15H,4-7H2,1-3H3. The van der Waals surface area contributed by atoms with E-state index in [4.69, 9.17) is 0 Å². The van der Waals surface area contributed by atoms with Crippen LogP contribution in [0.5, 0.6) is 0 Å². The summed E-state index contributed by atoms with van der Waals surface area (Å²) in [7, 11) is -3.49. The predicted octanol–water partition coefficient (Wildman–Crippen LogP) is 2.36. The zero-order valence-corrected chi connectivity index (χ0v) is 13.2. The Kier molecular flexibility index (Phi) is 4.35. The Morgan fingerprint density at radius 2 is 2.11 bits per heavy atom. The van der Waals surface area contributed by atoms with Crippen molar-refractivity contribution in [3.63, 3.8) is 0 Å². The number of nitrogens with zero attached hydrogens (tertiary/aromatic N) is 1. The molecule has 1 fully saturated rings. The molecule has 1 aromatic heterocycles. The first-order valence-corrected chi connectivity index (χ1v) is 8.89. The topological polar surface area (TPSA) is 57.6 Å². The van der Waals surface area contributed by atoms with E-state index >= 15 is 0 Å². The Morgan fingerprint density at radius 3 is 2.74 bits per heavy atom. The summed E-state index contributed by atoms with van der Waals surface area (Å²) < 4.78 is 27.3. The maximum absolute atomic E-state index is 12.8. The Balaban J connectivity index is 2.44. The van der Waals surface area contributed by atoms with E-state index in [9.17, 15) is 13.5 Å². The normalized spacial score (nSPS) is 25.7. The average Bonchev–Trinajstić information content (AvgIpc) is 2.74. The van der Waals surface area contributed by atoms with Gasteiger partial charge in [0, 0.05) is 12.6 Å². The number of hydrogen-bond donors (Lipinski definition) is 1. The number of rotatable bonds is 3. The van der Waals surface area contributed by atoms with Gasteiger partial charge in [-0.1, -0.05) is 6.92 Å². The van der Waals surface area contributed by atoms with E-state index in [-0.39, 0.29) is 12.6 Å². The third-order valence-corrected chi connectivity index (χ3v) is 7.19. The van der Waals surface area contributed by atoms with Crippen LogP contribution < -0.4 is 0 Å². The van der Waals surface area contributed by atoms with Crippen molar-refractivity contribution in [2.24, 2.45) is 5.92 Å². The van der Waals surface area contributed by atoms with Crippen LogP contribution in [0.3, 0.4) is 0 Å². The number of thiophene rings is 1. The number of piperidine rings is 1. The van der Waals surface area contributed by atoms with Crippen LogP contribution in [0.2, 0.25) is 0 Å². The van der Waals surface area contributed by atoms with E-state index in [1.54, 1.807) is 16.6 Å². The minimum Gasteiger partial charge on any atom is -0.391 e. The molecule has 0 amide bonds. The summed E-state index contributed by atoms with van der Waals surface area (Å²) in [5, 5.41) is 11.1. The second-order valence-electron chi connectivity index (χ2n) is 5.44. The lowest BCUT2D eigenvalue weighted by atomic mass is 9.97. The van der Waals surface area contributed by atoms with Crippen LogP contribution in [0.25, 0.3) is 0 Å². The molecule has 0 saturated carbocycles. The second kappa shape index (κ2) is 5.52. The molecule has 1 aliphatic heterocycles. The van der Waals surface area contributed by atoms with Crippen molar-refractivity contribution in [1.29, 1.82) is 0 Å². The highest BCUT2D eigenvalue weighted by Crippen LogP contribution is 2.33. The molecule has 1 aromatic rings. The molecule has 4 nitrogen and oxygen atoms in total. The first kappa shape index (κ1) is 15.0. The molecule has 0 spiro atoms. The highest BCUT2D eigenvalue weighted by Gasteiger charge is 2.36. The zero-order chi connectivity index (χ0) is 14.2. The molecule has 0 radical (unpaired) electrons. The summed E-state index contributed by atoms with van der Waals surface area (Å²) in [4.78, 5) is 0.865. The molecule has 2 unspecified atom stereocenters. The van der Waals surface area contributed by atoms with E-state index in [0.717, 1.165) is 18.4 Å². The van der Waals surface area contributed by atoms with E-state index in [1.807, 2.05) is 6.92 Å². The zero-order valence-electron chi connectivity index (χ0n) is 11.6. The van der Waals surface area contributed by atoms with Gasteiger partial charge in [-0.25, -0.2) is 8.42 Å². The summed E-state index contributed by atoms with van der Waals surface area (Å²) in [5.41, 5.74) is 0.736. The van der Waals surface area contributed by atoms with Gasteiger partial charge in [0.1, 0.15) is 4.90 Å². The van der Waals surface area contributed by atoms with Gasteiger partial charge < -0.3 is 5.11 Å². The molecule has 1 N–H and O–H groups in total. The van der Waals surface area contributed by atoms with Crippen molar-refractivity contribution in [3.05, 3.63) is 15.8 Å². The maximum atomic E-state index is 12.8. The van der Waals surface area contributed by atoms with Crippen LogP contribution in [0, 0.1) is 12.8 Å². The Morgan fingerprint density at radius 1 is 1.42 bits per heavy atom. The van der Waals surface area contributed by atoms with Crippen molar-refractivity contribution >= 4 is 21.4 Å². The van der Waals surface area contributed by atoms with Crippen LogP contribution in [-0.4, -0.2) is 30.4 Å². The number of hydrogen-bond acceptors (Lipinski definition) is 4. The van der Waals surface area contributed by atoms with Gasteiger partial charge in [0.2, 0.25) is 10.0 Å². The first-order valence-electron chi connectivity index (χ1n) is 6.57. The van der Waals surface area contributed by atoms with Crippen molar-refractivity contribution in [2.45, 2.75) is 51.2 Å². The molecular formula is C13H21NO3S2. The molecule has 1 aliphatic rings. The molecule has 0 aromatic carbocycles. The molecule has 1 saturated heterocycles. The Bertz CT molecular complexity index is 550. The van der Waals surface area contributed by atoms with Crippen molar-refractivity contribution < 1.29 is 13.5 Å². The molecular weight excluding hydrogens is 282 g/mol. The van der Waals surface area contributed by atoms with Gasteiger partial charge in [0.25, 0.3) is 0 Å². The van der Waals surface area contributed by atoms with Crippen LogP contribution in [0.15, 0.2) is 10.3 Å². The molecule has 2 heterocycles. The third-order valence-electron chi connectivity index (χ3n) is 3.76. The molecule has 108 valence electrons. The van der Waals surface area contributed by atoms with Crippen molar-refractivity contribution in [2.75, 3.05) is 6.54 Å². The minimum atomic E-state index is -3.49. The minimum absolute atomic E-state index is 0.0343. The fraction of sp³-hybridized carbons (Fsp3) is 0.692. The van der Waals surface area contributed by atoms with Gasteiger partial charge in [-0.3, -0.25) is 0 Å². The summed E-state index contributed by atoms with van der Waals surface area (Å²) in [6.45, 7) is 6.20. The number of sulfonamides is 1. The van der Waals surface area contributed by atoms with Crippen LogP contribution >= 0.6 is 11.3 Å². The first-order chi connectivity index (χ1) is 8.87. The molecule has 6 heteroatoms. The van der Waals surface area contributed by atoms with E-state index in [1.165, 1.54) is 11.3 Å². The maximum Gasteiger partial charge on any atom is 0.244 e. The summed E-state index contributed by atoms with van der Waals surface area (Å²) in [6, 6.07) is 0.0343. The van der Waals surface area contributed by atoms with Gasteiger partial charge in [-0.15, -0.1) is 11.3 Å². The molecule has 0 aliphatic carbocycles. The van der Waals surface area contributed by atoms with Gasteiger partial charge in [0.15, 0.2) is 0 Å². The van der Waals surface area contributed by atoms with Gasteiger partial charge in [0.05, 0.1) is 11.5 Å². The third kappa shape index (κ3) is 2.72. The van der Waals surface area contributed by atoms with Crippen molar-refractivity contribution in [3.8, 4) is 0 Å². The lowest BCUT2D eigenvalue weighted by Crippen LogP contribution is -2.45. The molecule has 2 atom stereocenters. The summed E-state index contributed by atoms with van der Waals surface area (Å²) in [6.07, 6.45) is 1.97. The Labute approximate surface area is 119 Å². The van der Waals surface area contributed by atoms with E-state index in [0.29, 0.717) is 22.2 Å². The SMILES string of the molecule is Cc1csc(CO)c1S(=O)(=O)N1CC(C)CCC1C. The highest BCUT2D eigenvalue weighted by atomic mass is 32.2. The lowest BCUT2D eigenvalue weighted by molar-refractivity contribution is 0.217. The predicted molar refractivity (Wildman–Crippen MR) is 76.7 cm³/mol. The van der Waals surface area contributed by atoms with E-state index in [2.05, 4.69) is 6.92 Å². The van der Waals surface area contributed by atoms with Crippen LogP contribution in [0.4, 0.5) is 0 Å². The summed E-state index contributed by atoms with van der Waals surface area (Å²) >= 11 is 1.31. The number of aliphatic hydroxyl groups is 1. The number of aryl methyl sites for hydroxylation is 1. The lowest BCUT2D eigenvalue weighted by Gasteiger charge is -2.35. The van der Waals surface area contributed by atoms with Crippen molar-refractivity contribution in [1.82, 2.24) is 4.31 Å². The fourth-order valence-electron chi connectivity index (χ4n) is 2.64. The van der Waals surface area contributed by atoms with E-state index < -0.39 is 10.0 Å². The number of aliphatic hydroxyl groups excluding tert-OH is 1. The smallest absolute Gasteiger partial charge is 0.244 e. The quantitative estimate of drug-likeness (QED) is 0.932. The highest BCUT2D eigenvalue weighted by molar-refractivity contribution is 7.89. The van der Waals surface area contributed by atoms with Crippen LogP contribution in [0.1, 0.15) is 37.1 Å². The molecule has 19 heavy (non-hydrogen) atoms. The average molecular weight is 303 g/mol. The van der Waals surface area contributed by atoms with Gasteiger partial charge in [-0.2, -0.15) is 4.31 Å². The summed E-state index contributed by atoms with van der Waals surface area (Å²) in [5.74, 6) is 0.391. The van der Waals surface area contributed by atoms with Crippen LogP contribution in [-0.2, 0) is 16.6 Å². The van der Waals surface area contributed by atoms with Gasteiger partial charge >= 0.3 is 0 Å².